The smallest absolute Gasteiger partial charge is 0.247 e. The van der Waals surface area contributed by atoms with E-state index >= 15 is 0 Å². The Balaban J connectivity index is 1.45. The minimum atomic E-state index is -0.807. The van der Waals surface area contributed by atoms with Crippen LogP contribution in [0, 0.1) is 0 Å². The molecule has 1 heterocycles. The van der Waals surface area contributed by atoms with Crippen molar-refractivity contribution >= 4 is 28.4 Å². The molecule has 0 bridgehead atoms. The Kier molecular flexibility index (Phi) is 7.50. The van der Waals surface area contributed by atoms with Gasteiger partial charge >= 0.3 is 0 Å². The fourth-order valence-corrected chi connectivity index (χ4v) is 4.67. The molecule has 0 saturated heterocycles. The summed E-state index contributed by atoms with van der Waals surface area (Å²) in [5, 5.41) is 7.05. The lowest BCUT2D eigenvalue weighted by Crippen LogP contribution is -2.47. The second-order valence-electron chi connectivity index (χ2n) is 9.10. The lowest BCUT2D eigenvalue weighted by Gasteiger charge is -2.23. The van der Waals surface area contributed by atoms with Gasteiger partial charge in [0.15, 0.2) is 0 Å². The van der Waals surface area contributed by atoms with Crippen LogP contribution in [0.1, 0.15) is 22.6 Å². The molecule has 0 aliphatic rings. The van der Waals surface area contributed by atoms with Crippen LogP contribution in [0.15, 0.2) is 115 Å². The normalized spacial score (nSPS) is 11.7. The van der Waals surface area contributed by atoms with Crippen molar-refractivity contribution in [2.75, 3.05) is 12.4 Å². The highest BCUT2D eigenvalue weighted by atomic mass is 16.5. The third-order valence-corrected chi connectivity index (χ3v) is 6.62. The van der Waals surface area contributed by atoms with Crippen molar-refractivity contribution < 1.29 is 14.3 Å². The molecule has 0 radical (unpaired) electrons. The summed E-state index contributed by atoms with van der Waals surface area (Å²) in [4.78, 5) is 30.7. The van der Waals surface area contributed by atoms with Gasteiger partial charge < -0.3 is 20.4 Å². The second-order valence-corrected chi connectivity index (χ2v) is 9.10. The summed E-state index contributed by atoms with van der Waals surface area (Å²) in [6, 6.07) is 33.5. The van der Waals surface area contributed by atoms with E-state index in [-0.39, 0.29) is 11.8 Å². The third-order valence-electron chi connectivity index (χ3n) is 6.62. The minimum absolute atomic E-state index is 0.239. The predicted octanol–water partition coefficient (Wildman–Crippen LogP) is 5.67. The molecule has 4 aromatic carbocycles. The molecule has 6 nitrogen and oxygen atoms in total. The maximum atomic E-state index is 13.9. The Morgan fingerprint density at radius 2 is 1.37 bits per heavy atom. The third kappa shape index (κ3) is 5.60. The van der Waals surface area contributed by atoms with Crippen LogP contribution in [0.3, 0.4) is 0 Å². The summed E-state index contributed by atoms with van der Waals surface area (Å²) < 4.78 is 5.22. The minimum Gasteiger partial charge on any atom is -0.497 e. The van der Waals surface area contributed by atoms with E-state index in [0.717, 1.165) is 27.6 Å². The van der Waals surface area contributed by atoms with Crippen LogP contribution in [0.4, 0.5) is 5.69 Å². The summed E-state index contributed by atoms with van der Waals surface area (Å²) in [6.45, 7) is 0. The fourth-order valence-electron chi connectivity index (χ4n) is 4.67. The average Bonchev–Trinajstić information content (AvgIpc) is 3.37. The first-order chi connectivity index (χ1) is 18.6. The molecule has 0 fully saturated rings. The number of nitrogens with one attached hydrogen (secondary N) is 3. The Labute approximate surface area is 221 Å². The number of anilines is 1. The van der Waals surface area contributed by atoms with Crippen molar-refractivity contribution in [2.45, 2.75) is 18.4 Å². The second kappa shape index (κ2) is 11.5. The number of amides is 2. The zero-order valence-corrected chi connectivity index (χ0v) is 21.1. The first-order valence-electron chi connectivity index (χ1n) is 12.5. The van der Waals surface area contributed by atoms with Crippen molar-refractivity contribution in [1.82, 2.24) is 10.3 Å². The molecule has 190 valence electrons. The topological polar surface area (TPSA) is 83.2 Å². The summed E-state index contributed by atoms with van der Waals surface area (Å²) in [6.07, 6.45) is 2.23. The van der Waals surface area contributed by atoms with E-state index < -0.39 is 12.0 Å². The number of H-pyrrole nitrogens is 1. The number of methoxy groups -OCH3 is 1. The molecule has 0 saturated carbocycles. The van der Waals surface area contributed by atoms with E-state index in [4.69, 9.17) is 4.74 Å². The molecular formula is C32H29N3O3. The summed E-state index contributed by atoms with van der Waals surface area (Å²) in [7, 11) is 1.59. The summed E-state index contributed by atoms with van der Waals surface area (Å²) >= 11 is 0. The van der Waals surface area contributed by atoms with Crippen LogP contribution >= 0.6 is 0 Å². The van der Waals surface area contributed by atoms with Gasteiger partial charge in [0.2, 0.25) is 11.8 Å². The average molecular weight is 504 g/mol. The number of hydrogen-bond donors (Lipinski definition) is 3. The van der Waals surface area contributed by atoms with E-state index in [2.05, 4.69) is 15.6 Å². The van der Waals surface area contributed by atoms with Gasteiger partial charge in [0.25, 0.3) is 0 Å². The van der Waals surface area contributed by atoms with E-state index in [0.29, 0.717) is 17.9 Å². The van der Waals surface area contributed by atoms with Crippen molar-refractivity contribution in [3.05, 3.63) is 132 Å². The van der Waals surface area contributed by atoms with Crippen LogP contribution in [0.2, 0.25) is 0 Å². The summed E-state index contributed by atoms with van der Waals surface area (Å²) in [5.41, 5.74) is 4.27. The van der Waals surface area contributed by atoms with Crippen LogP contribution < -0.4 is 15.4 Å². The number of carbonyl (C=O) groups is 2. The van der Waals surface area contributed by atoms with Crippen molar-refractivity contribution in [3.8, 4) is 5.75 Å². The van der Waals surface area contributed by atoms with Crippen LogP contribution in [-0.2, 0) is 16.0 Å². The maximum Gasteiger partial charge on any atom is 0.247 e. The van der Waals surface area contributed by atoms with Gasteiger partial charge in [-0.2, -0.15) is 0 Å². The van der Waals surface area contributed by atoms with Crippen LogP contribution in [-0.4, -0.2) is 29.9 Å². The van der Waals surface area contributed by atoms with Gasteiger partial charge in [-0.15, -0.1) is 0 Å². The number of hydrogen-bond acceptors (Lipinski definition) is 3. The standard InChI is InChI=1S/C32H29N3O3/c1-38-26-18-16-25(17-19-26)34-31(36)29(20-24-21-33-28-15-9-8-14-27(24)28)35-32(37)30(22-10-4-2-5-11-22)23-12-6-3-7-13-23/h2-19,21,29-30,33H,20H2,1H3,(H,34,36)(H,35,37)/t29-/m0/s1. The van der Waals surface area contributed by atoms with E-state index in [9.17, 15) is 9.59 Å². The van der Waals surface area contributed by atoms with Gasteiger partial charge in [0.05, 0.1) is 13.0 Å². The Bertz CT molecular complexity index is 1470. The molecule has 0 aliphatic carbocycles. The molecule has 5 rings (SSSR count). The predicted molar refractivity (Wildman–Crippen MR) is 150 cm³/mol. The molecule has 0 aliphatic heterocycles. The number of benzene rings is 4. The van der Waals surface area contributed by atoms with Gasteiger partial charge in [-0.1, -0.05) is 78.9 Å². The number of aromatic nitrogens is 1. The molecule has 5 aromatic rings. The maximum absolute atomic E-state index is 13.9. The first-order valence-corrected chi connectivity index (χ1v) is 12.5. The number of fused-ring (bicyclic) bond motifs is 1. The van der Waals surface area contributed by atoms with Crippen molar-refractivity contribution in [2.24, 2.45) is 0 Å². The monoisotopic (exact) mass is 503 g/mol. The number of carbonyl (C=O) groups excluding carboxylic acids is 2. The molecule has 38 heavy (non-hydrogen) atoms. The Morgan fingerprint density at radius 3 is 2.00 bits per heavy atom. The van der Waals surface area contributed by atoms with Crippen LogP contribution in [0.5, 0.6) is 5.75 Å². The van der Waals surface area contributed by atoms with E-state index in [1.54, 1.807) is 31.4 Å². The Morgan fingerprint density at radius 1 is 0.763 bits per heavy atom. The molecule has 1 aromatic heterocycles. The van der Waals surface area contributed by atoms with Gasteiger partial charge in [-0.3, -0.25) is 9.59 Å². The van der Waals surface area contributed by atoms with Gasteiger partial charge in [-0.05, 0) is 47.0 Å². The van der Waals surface area contributed by atoms with Gasteiger partial charge in [0.1, 0.15) is 11.8 Å². The van der Waals surface area contributed by atoms with Crippen molar-refractivity contribution in [1.29, 1.82) is 0 Å². The van der Waals surface area contributed by atoms with Crippen molar-refractivity contribution in [3.63, 3.8) is 0 Å². The largest absolute Gasteiger partial charge is 0.497 e. The van der Waals surface area contributed by atoms with E-state index in [1.165, 1.54) is 0 Å². The highest BCUT2D eigenvalue weighted by Crippen LogP contribution is 2.26. The molecule has 0 spiro atoms. The molecule has 2 amide bonds. The number of ether oxygens (including phenoxy) is 1. The Hall–Kier alpha value is -4.84. The fraction of sp³-hybridized carbons (Fsp3) is 0.125. The molecule has 3 N–H and O–H groups in total. The quantitative estimate of drug-likeness (QED) is 0.242. The number of aromatic amines is 1. The molecular weight excluding hydrogens is 474 g/mol. The molecule has 0 unspecified atom stereocenters. The number of rotatable bonds is 9. The number of para-hydroxylation sites is 1. The van der Waals surface area contributed by atoms with Crippen LogP contribution in [0.25, 0.3) is 10.9 Å². The zero-order valence-electron chi connectivity index (χ0n) is 21.1. The lowest BCUT2D eigenvalue weighted by atomic mass is 9.90. The highest BCUT2D eigenvalue weighted by molar-refractivity contribution is 5.99. The van der Waals surface area contributed by atoms with E-state index in [1.807, 2.05) is 91.1 Å². The summed E-state index contributed by atoms with van der Waals surface area (Å²) in [5.74, 6) is -0.400. The molecule has 1 atom stereocenters. The SMILES string of the molecule is COc1ccc(NC(=O)[C@H](Cc2c[nH]c3ccccc23)NC(=O)C(c2ccccc2)c2ccccc2)cc1. The van der Waals surface area contributed by atoms with Gasteiger partial charge in [-0.25, -0.2) is 0 Å². The zero-order chi connectivity index (χ0) is 26.3. The lowest BCUT2D eigenvalue weighted by molar-refractivity contribution is -0.126. The first kappa shape index (κ1) is 24.8. The highest BCUT2D eigenvalue weighted by Gasteiger charge is 2.28. The molecule has 6 heteroatoms. The van der Waals surface area contributed by atoms with Gasteiger partial charge in [0, 0.05) is 29.2 Å².